The van der Waals surface area contributed by atoms with Gasteiger partial charge in [-0.15, -0.1) is 0 Å². The predicted molar refractivity (Wildman–Crippen MR) is 54.2 cm³/mol. The molecule has 0 N–H and O–H groups in total. The standard InChI is InChI=1S/C11H19N/c1-5-10-8-9(2)6-7-11(10)12(3)4/h6-8,10-11H,5H2,1-4H3. The van der Waals surface area contributed by atoms with Crippen molar-refractivity contribution in [2.24, 2.45) is 5.92 Å². The molecular weight excluding hydrogens is 146 g/mol. The van der Waals surface area contributed by atoms with Crippen LogP contribution in [0.5, 0.6) is 0 Å². The first-order valence-electron chi connectivity index (χ1n) is 4.68. The molecule has 1 rings (SSSR count). The van der Waals surface area contributed by atoms with Crippen LogP contribution in [0.15, 0.2) is 23.8 Å². The molecule has 0 amide bonds. The zero-order valence-corrected chi connectivity index (χ0v) is 8.54. The van der Waals surface area contributed by atoms with E-state index in [4.69, 9.17) is 0 Å². The maximum Gasteiger partial charge on any atom is 0.0338 e. The summed E-state index contributed by atoms with van der Waals surface area (Å²) >= 11 is 0. The average Bonchev–Trinajstić information content (AvgIpc) is 2.03. The topological polar surface area (TPSA) is 3.24 Å². The maximum atomic E-state index is 2.38. The van der Waals surface area contributed by atoms with E-state index in [1.165, 1.54) is 12.0 Å². The summed E-state index contributed by atoms with van der Waals surface area (Å²) in [5.41, 5.74) is 1.40. The van der Waals surface area contributed by atoms with Crippen LogP contribution in [0.3, 0.4) is 0 Å². The number of likely N-dealkylation sites (N-methyl/N-ethyl adjacent to an activating group) is 1. The van der Waals surface area contributed by atoms with Crippen LogP contribution in [-0.2, 0) is 0 Å². The van der Waals surface area contributed by atoms with Gasteiger partial charge in [0.15, 0.2) is 0 Å². The van der Waals surface area contributed by atoms with Gasteiger partial charge in [0.05, 0.1) is 0 Å². The van der Waals surface area contributed by atoms with E-state index in [0.717, 1.165) is 0 Å². The molecule has 0 radical (unpaired) electrons. The Morgan fingerprint density at radius 1 is 1.42 bits per heavy atom. The molecule has 0 aromatic rings. The lowest BCUT2D eigenvalue weighted by Gasteiger charge is -2.30. The Balaban J connectivity index is 2.73. The molecule has 0 saturated heterocycles. The number of hydrogen-bond donors (Lipinski definition) is 0. The van der Waals surface area contributed by atoms with Crippen molar-refractivity contribution in [1.29, 1.82) is 0 Å². The van der Waals surface area contributed by atoms with Gasteiger partial charge in [-0.25, -0.2) is 0 Å². The normalized spacial score (nSPS) is 29.2. The third kappa shape index (κ3) is 1.98. The lowest BCUT2D eigenvalue weighted by Crippen LogP contribution is -2.33. The van der Waals surface area contributed by atoms with Gasteiger partial charge in [0.25, 0.3) is 0 Å². The Morgan fingerprint density at radius 2 is 2.08 bits per heavy atom. The summed E-state index contributed by atoms with van der Waals surface area (Å²) in [4.78, 5) is 2.29. The second kappa shape index (κ2) is 3.90. The number of allylic oxidation sites excluding steroid dienone is 2. The summed E-state index contributed by atoms with van der Waals surface area (Å²) < 4.78 is 0. The zero-order valence-electron chi connectivity index (χ0n) is 8.54. The molecule has 1 aliphatic carbocycles. The first-order valence-corrected chi connectivity index (χ1v) is 4.68. The van der Waals surface area contributed by atoms with Crippen molar-refractivity contribution in [1.82, 2.24) is 4.90 Å². The van der Waals surface area contributed by atoms with Crippen LogP contribution in [0, 0.1) is 5.92 Å². The fourth-order valence-corrected chi connectivity index (χ4v) is 1.80. The van der Waals surface area contributed by atoms with Crippen LogP contribution in [-0.4, -0.2) is 25.0 Å². The van der Waals surface area contributed by atoms with E-state index < -0.39 is 0 Å². The molecule has 0 spiro atoms. The van der Waals surface area contributed by atoms with Crippen molar-refractivity contribution in [2.45, 2.75) is 26.3 Å². The van der Waals surface area contributed by atoms with E-state index in [0.29, 0.717) is 12.0 Å². The molecule has 0 fully saturated rings. The van der Waals surface area contributed by atoms with Crippen LogP contribution >= 0.6 is 0 Å². The van der Waals surface area contributed by atoms with E-state index in [9.17, 15) is 0 Å². The van der Waals surface area contributed by atoms with Crippen molar-refractivity contribution in [3.05, 3.63) is 23.8 Å². The molecule has 1 aliphatic rings. The lowest BCUT2D eigenvalue weighted by molar-refractivity contribution is 0.278. The van der Waals surface area contributed by atoms with Crippen LogP contribution < -0.4 is 0 Å². The summed E-state index contributed by atoms with van der Waals surface area (Å²) in [7, 11) is 4.29. The minimum Gasteiger partial charge on any atom is -0.302 e. The summed E-state index contributed by atoms with van der Waals surface area (Å²) in [6.07, 6.45) is 8.13. The Labute approximate surface area is 75.8 Å². The van der Waals surface area contributed by atoms with Crippen LogP contribution in [0.4, 0.5) is 0 Å². The van der Waals surface area contributed by atoms with Crippen LogP contribution in [0.2, 0.25) is 0 Å². The predicted octanol–water partition coefficient (Wildman–Crippen LogP) is 2.46. The van der Waals surface area contributed by atoms with Gasteiger partial charge in [0.1, 0.15) is 0 Å². The highest BCUT2D eigenvalue weighted by Gasteiger charge is 2.19. The van der Waals surface area contributed by atoms with E-state index in [2.05, 4.69) is 51.1 Å². The molecule has 1 nitrogen and oxygen atoms in total. The Kier molecular flexibility index (Phi) is 3.10. The maximum absolute atomic E-state index is 2.38. The second-order valence-electron chi connectivity index (χ2n) is 3.80. The summed E-state index contributed by atoms with van der Waals surface area (Å²) in [6.45, 7) is 4.43. The zero-order chi connectivity index (χ0) is 9.14. The third-order valence-corrected chi connectivity index (χ3v) is 2.54. The first-order chi connectivity index (χ1) is 5.65. The molecule has 2 unspecified atom stereocenters. The molecule has 0 heterocycles. The number of rotatable bonds is 2. The number of hydrogen-bond acceptors (Lipinski definition) is 1. The molecule has 0 aromatic heterocycles. The van der Waals surface area contributed by atoms with Gasteiger partial charge >= 0.3 is 0 Å². The molecule has 0 aliphatic heterocycles. The van der Waals surface area contributed by atoms with Crippen LogP contribution in [0.25, 0.3) is 0 Å². The molecule has 0 bridgehead atoms. The largest absolute Gasteiger partial charge is 0.302 e. The molecule has 68 valence electrons. The van der Waals surface area contributed by atoms with Crippen molar-refractivity contribution < 1.29 is 0 Å². The van der Waals surface area contributed by atoms with Gasteiger partial charge in [0.2, 0.25) is 0 Å². The highest BCUT2D eigenvalue weighted by atomic mass is 15.1. The van der Waals surface area contributed by atoms with Gasteiger partial charge in [-0.05, 0) is 33.4 Å². The van der Waals surface area contributed by atoms with E-state index >= 15 is 0 Å². The van der Waals surface area contributed by atoms with E-state index in [1.54, 1.807) is 0 Å². The quantitative estimate of drug-likeness (QED) is 0.607. The Hall–Kier alpha value is -0.560. The highest BCUT2D eigenvalue weighted by Crippen LogP contribution is 2.22. The van der Waals surface area contributed by atoms with E-state index in [1.807, 2.05) is 0 Å². The molecule has 1 heteroatoms. The Morgan fingerprint density at radius 3 is 2.58 bits per heavy atom. The number of nitrogens with zero attached hydrogens (tertiary/aromatic N) is 1. The monoisotopic (exact) mass is 165 g/mol. The van der Waals surface area contributed by atoms with Gasteiger partial charge in [0, 0.05) is 6.04 Å². The van der Waals surface area contributed by atoms with Crippen molar-refractivity contribution in [3.8, 4) is 0 Å². The van der Waals surface area contributed by atoms with Crippen molar-refractivity contribution >= 4 is 0 Å². The molecule has 0 aromatic carbocycles. The smallest absolute Gasteiger partial charge is 0.0338 e. The summed E-state index contributed by atoms with van der Waals surface area (Å²) in [5, 5.41) is 0. The fourth-order valence-electron chi connectivity index (χ4n) is 1.80. The molecular formula is C11H19N. The van der Waals surface area contributed by atoms with Gasteiger partial charge in [-0.2, -0.15) is 0 Å². The molecule has 12 heavy (non-hydrogen) atoms. The highest BCUT2D eigenvalue weighted by molar-refractivity contribution is 5.25. The SMILES string of the molecule is CCC1C=C(C)C=CC1N(C)C. The van der Waals surface area contributed by atoms with Gasteiger partial charge in [-0.1, -0.05) is 30.7 Å². The van der Waals surface area contributed by atoms with E-state index in [-0.39, 0.29) is 0 Å². The lowest BCUT2D eigenvalue weighted by atomic mass is 9.89. The first kappa shape index (κ1) is 9.53. The third-order valence-electron chi connectivity index (χ3n) is 2.54. The van der Waals surface area contributed by atoms with Crippen LogP contribution in [0.1, 0.15) is 20.3 Å². The Bertz CT molecular complexity index is 201. The van der Waals surface area contributed by atoms with Crippen molar-refractivity contribution in [2.75, 3.05) is 14.1 Å². The second-order valence-corrected chi connectivity index (χ2v) is 3.80. The summed E-state index contributed by atoms with van der Waals surface area (Å²) in [6, 6.07) is 0.596. The molecule has 2 atom stereocenters. The van der Waals surface area contributed by atoms with Gasteiger partial charge < -0.3 is 4.90 Å². The minimum atomic E-state index is 0.596. The fraction of sp³-hybridized carbons (Fsp3) is 0.636. The summed E-state index contributed by atoms with van der Waals surface area (Å²) in [5.74, 6) is 0.699. The minimum absolute atomic E-state index is 0.596. The molecule has 0 saturated carbocycles. The van der Waals surface area contributed by atoms with Crippen molar-refractivity contribution in [3.63, 3.8) is 0 Å². The average molecular weight is 165 g/mol. The van der Waals surface area contributed by atoms with Gasteiger partial charge in [-0.3, -0.25) is 0 Å².